The molecule has 0 saturated heterocycles. The van der Waals surface area contributed by atoms with Gasteiger partial charge in [-0.2, -0.15) is 13.9 Å². The van der Waals surface area contributed by atoms with Crippen LogP contribution < -0.4 is 10.5 Å². The van der Waals surface area contributed by atoms with Crippen LogP contribution in [0.5, 0.6) is 5.75 Å². The Morgan fingerprint density at radius 1 is 1.35 bits per heavy atom. The molecule has 1 aromatic carbocycles. The normalized spacial score (nSPS) is 12.7. The van der Waals surface area contributed by atoms with E-state index in [9.17, 15) is 8.78 Å². The number of hydrogen-bond acceptors (Lipinski definition) is 3. The average molecular weight is 281 g/mol. The van der Waals surface area contributed by atoms with E-state index in [0.717, 1.165) is 17.7 Å². The Kier molecular flexibility index (Phi) is 4.68. The molecule has 0 radical (unpaired) electrons. The molecule has 0 fully saturated rings. The molecular formula is C14H17F2N3O. The van der Waals surface area contributed by atoms with Gasteiger partial charge in [-0.05, 0) is 36.6 Å². The van der Waals surface area contributed by atoms with E-state index in [1.54, 1.807) is 23.0 Å². The lowest BCUT2D eigenvalue weighted by Gasteiger charge is -2.13. The molecule has 0 bridgehead atoms. The second-order valence-electron chi connectivity index (χ2n) is 4.54. The fraction of sp³-hybridized carbons (Fsp3) is 0.357. The second-order valence-corrected chi connectivity index (χ2v) is 4.54. The molecule has 0 saturated carbocycles. The van der Waals surface area contributed by atoms with E-state index in [2.05, 4.69) is 9.84 Å². The smallest absolute Gasteiger partial charge is 0.387 e. The highest BCUT2D eigenvalue weighted by atomic mass is 19.3. The van der Waals surface area contributed by atoms with Gasteiger partial charge in [0, 0.05) is 25.0 Å². The molecule has 0 aliphatic carbocycles. The predicted octanol–water partition coefficient (Wildman–Crippen LogP) is 2.65. The first-order chi connectivity index (χ1) is 9.56. The summed E-state index contributed by atoms with van der Waals surface area (Å²) in [6.07, 6.45) is 3.22. The lowest BCUT2D eigenvalue weighted by molar-refractivity contribution is -0.0499. The maximum atomic E-state index is 12.2. The molecular weight excluding hydrogens is 264 g/mol. The molecule has 1 heterocycles. The van der Waals surface area contributed by atoms with Crippen LogP contribution in [0, 0.1) is 0 Å². The summed E-state index contributed by atoms with van der Waals surface area (Å²) in [5.74, 6) is 0.133. The first kappa shape index (κ1) is 14.5. The van der Waals surface area contributed by atoms with Gasteiger partial charge in [0.25, 0.3) is 0 Å². The van der Waals surface area contributed by atoms with Crippen molar-refractivity contribution in [3.05, 3.63) is 47.8 Å². The number of ether oxygens (including phenoxy) is 1. The third-order valence-electron chi connectivity index (χ3n) is 3.15. The van der Waals surface area contributed by atoms with Gasteiger partial charge in [0.2, 0.25) is 0 Å². The van der Waals surface area contributed by atoms with Crippen molar-refractivity contribution in [1.82, 2.24) is 9.78 Å². The molecule has 1 unspecified atom stereocenters. The number of nitrogens with two attached hydrogens (primary N) is 1. The molecule has 108 valence electrons. The number of aromatic nitrogens is 2. The molecule has 1 aromatic heterocycles. The molecule has 0 aliphatic heterocycles. The molecule has 0 amide bonds. The van der Waals surface area contributed by atoms with Gasteiger partial charge in [-0.25, -0.2) is 0 Å². The summed E-state index contributed by atoms with van der Waals surface area (Å²) in [6.45, 7) is -2.82. The van der Waals surface area contributed by atoms with Gasteiger partial charge in [0.1, 0.15) is 5.75 Å². The van der Waals surface area contributed by atoms with E-state index in [1.807, 2.05) is 19.2 Å². The van der Waals surface area contributed by atoms with Crippen LogP contribution in [-0.2, 0) is 13.5 Å². The minimum absolute atomic E-state index is 0.133. The van der Waals surface area contributed by atoms with Crippen molar-refractivity contribution in [3.8, 4) is 5.75 Å². The minimum atomic E-state index is -2.82. The number of rotatable bonds is 6. The first-order valence-corrected chi connectivity index (χ1v) is 6.33. The summed E-state index contributed by atoms with van der Waals surface area (Å²) in [5, 5.41) is 4.09. The van der Waals surface area contributed by atoms with Crippen LogP contribution in [0.15, 0.2) is 36.5 Å². The standard InChI is InChI=1S/C14H17F2N3O/c1-19-11(7-8-18-19)5-6-13(17)10-3-2-4-12(9-10)20-14(15)16/h2-4,7-9,13-14H,5-6,17H2,1H3. The van der Waals surface area contributed by atoms with Gasteiger partial charge in [-0.1, -0.05) is 12.1 Å². The van der Waals surface area contributed by atoms with Gasteiger partial charge >= 0.3 is 6.61 Å². The van der Waals surface area contributed by atoms with Crippen LogP contribution in [0.1, 0.15) is 23.7 Å². The van der Waals surface area contributed by atoms with E-state index in [0.29, 0.717) is 6.42 Å². The number of benzene rings is 1. The van der Waals surface area contributed by atoms with Crippen molar-refractivity contribution in [2.75, 3.05) is 0 Å². The third kappa shape index (κ3) is 3.77. The minimum Gasteiger partial charge on any atom is -0.435 e. The Hall–Kier alpha value is -1.95. The zero-order valence-electron chi connectivity index (χ0n) is 11.2. The number of hydrogen-bond donors (Lipinski definition) is 1. The topological polar surface area (TPSA) is 53.1 Å². The quantitative estimate of drug-likeness (QED) is 0.885. The van der Waals surface area contributed by atoms with E-state index >= 15 is 0 Å². The summed E-state index contributed by atoms with van der Waals surface area (Å²) in [5.41, 5.74) is 7.96. The van der Waals surface area contributed by atoms with Crippen molar-refractivity contribution in [2.45, 2.75) is 25.5 Å². The molecule has 20 heavy (non-hydrogen) atoms. The fourth-order valence-electron chi connectivity index (χ4n) is 2.04. The van der Waals surface area contributed by atoms with Crippen LogP contribution in [0.2, 0.25) is 0 Å². The molecule has 6 heteroatoms. The largest absolute Gasteiger partial charge is 0.435 e. The SMILES string of the molecule is Cn1nccc1CCC(N)c1cccc(OC(F)F)c1. The third-order valence-corrected chi connectivity index (χ3v) is 3.15. The zero-order chi connectivity index (χ0) is 14.5. The highest BCUT2D eigenvalue weighted by molar-refractivity contribution is 5.30. The number of alkyl halides is 2. The van der Waals surface area contributed by atoms with E-state index in [1.165, 1.54) is 6.07 Å². The molecule has 0 spiro atoms. The van der Waals surface area contributed by atoms with Crippen LogP contribution in [0.4, 0.5) is 8.78 Å². The van der Waals surface area contributed by atoms with Gasteiger partial charge in [-0.15, -0.1) is 0 Å². The van der Waals surface area contributed by atoms with Crippen molar-refractivity contribution in [1.29, 1.82) is 0 Å². The predicted molar refractivity (Wildman–Crippen MR) is 71.5 cm³/mol. The van der Waals surface area contributed by atoms with Crippen LogP contribution >= 0.6 is 0 Å². The summed E-state index contributed by atoms with van der Waals surface area (Å²) >= 11 is 0. The van der Waals surface area contributed by atoms with Crippen LogP contribution in [0.25, 0.3) is 0 Å². The summed E-state index contributed by atoms with van der Waals surface area (Å²) in [7, 11) is 1.87. The van der Waals surface area contributed by atoms with Crippen molar-refractivity contribution < 1.29 is 13.5 Å². The van der Waals surface area contributed by atoms with Crippen LogP contribution in [0.3, 0.4) is 0 Å². The molecule has 2 N–H and O–H groups in total. The number of halogens is 2. The highest BCUT2D eigenvalue weighted by Crippen LogP contribution is 2.22. The summed E-state index contributed by atoms with van der Waals surface area (Å²) in [6, 6.07) is 8.22. The number of aryl methyl sites for hydroxylation is 2. The van der Waals surface area contributed by atoms with Crippen molar-refractivity contribution in [3.63, 3.8) is 0 Å². The maximum Gasteiger partial charge on any atom is 0.387 e. The Bertz CT molecular complexity index is 557. The number of nitrogens with zero attached hydrogens (tertiary/aromatic N) is 2. The Balaban J connectivity index is 1.98. The molecule has 4 nitrogen and oxygen atoms in total. The van der Waals surface area contributed by atoms with Crippen molar-refractivity contribution >= 4 is 0 Å². The van der Waals surface area contributed by atoms with Gasteiger partial charge in [0.05, 0.1) is 0 Å². The Morgan fingerprint density at radius 2 is 2.15 bits per heavy atom. The fourth-order valence-corrected chi connectivity index (χ4v) is 2.04. The van der Waals surface area contributed by atoms with Crippen LogP contribution in [-0.4, -0.2) is 16.4 Å². The van der Waals surface area contributed by atoms with Gasteiger partial charge < -0.3 is 10.5 Å². The van der Waals surface area contributed by atoms with E-state index in [-0.39, 0.29) is 11.8 Å². The molecule has 1 atom stereocenters. The molecule has 2 rings (SSSR count). The van der Waals surface area contributed by atoms with Gasteiger partial charge in [-0.3, -0.25) is 4.68 Å². The van der Waals surface area contributed by atoms with Gasteiger partial charge in [0.15, 0.2) is 0 Å². The van der Waals surface area contributed by atoms with E-state index in [4.69, 9.17) is 5.73 Å². The summed E-state index contributed by atoms with van der Waals surface area (Å²) in [4.78, 5) is 0. The average Bonchev–Trinajstić information content (AvgIpc) is 2.81. The lowest BCUT2D eigenvalue weighted by Crippen LogP contribution is -2.13. The lowest BCUT2D eigenvalue weighted by atomic mass is 10.0. The second kappa shape index (κ2) is 6.47. The Labute approximate surface area is 116 Å². The molecule has 2 aromatic rings. The first-order valence-electron chi connectivity index (χ1n) is 6.33. The maximum absolute atomic E-state index is 12.2. The summed E-state index contributed by atoms with van der Waals surface area (Å²) < 4.78 is 30.5. The monoisotopic (exact) mass is 281 g/mol. The van der Waals surface area contributed by atoms with Crippen molar-refractivity contribution in [2.24, 2.45) is 12.8 Å². The highest BCUT2D eigenvalue weighted by Gasteiger charge is 2.10. The zero-order valence-corrected chi connectivity index (χ0v) is 11.2. The molecule has 0 aliphatic rings. The van der Waals surface area contributed by atoms with E-state index < -0.39 is 6.61 Å². The Morgan fingerprint density at radius 3 is 2.80 bits per heavy atom.